The van der Waals surface area contributed by atoms with E-state index in [9.17, 15) is 23.7 Å². The zero-order valence-electron chi connectivity index (χ0n) is 14.4. The summed E-state index contributed by atoms with van der Waals surface area (Å²) in [7, 11) is 0. The Morgan fingerprint density at radius 1 is 1.22 bits per heavy atom. The number of halogens is 2. The van der Waals surface area contributed by atoms with Crippen molar-refractivity contribution in [1.82, 2.24) is 4.90 Å². The molecule has 8 heteroatoms. The van der Waals surface area contributed by atoms with Gasteiger partial charge in [-0.25, -0.2) is 8.78 Å². The third-order valence-corrected chi connectivity index (χ3v) is 4.50. The lowest BCUT2D eigenvalue weighted by molar-refractivity contribution is -0.384. The second kappa shape index (κ2) is 8.22. The number of non-ortho nitro benzene ring substituents is 1. The van der Waals surface area contributed by atoms with E-state index in [0.717, 1.165) is 12.5 Å². The van der Waals surface area contributed by atoms with Crippen LogP contribution < -0.4 is 0 Å². The van der Waals surface area contributed by atoms with Crippen LogP contribution in [0.15, 0.2) is 42.5 Å². The van der Waals surface area contributed by atoms with Gasteiger partial charge in [0.1, 0.15) is 0 Å². The fourth-order valence-corrected chi connectivity index (χ4v) is 3.03. The summed E-state index contributed by atoms with van der Waals surface area (Å²) in [6.07, 6.45) is 1.14. The van der Waals surface area contributed by atoms with Crippen LogP contribution in [0, 0.1) is 21.7 Å². The molecule has 0 radical (unpaired) electrons. The molecule has 1 aliphatic heterocycles. The molecule has 0 aliphatic carbocycles. The first kappa shape index (κ1) is 18.9. The molecule has 0 spiro atoms. The number of piperidine rings is 1. The number of benzene rings is 2. The average molecular weight is 376 g/mol. The first-order valence-corrected chi connectivity index (χ1v) is 8.54. The maximum Gasteiger partial charge on any atom is 0.269 e. The molecule has 1 heterocycles. The average Bonchev–Trinajstić information content (AvgIpc) is 2.69. The van der Waals surface area contributed by atoms with E-state index < -0.39 is 16.6 Å². The Hall–Kier alpha value is -2.87. The molecular formula is C19H18F2N2O4. The van der Waals surface area contributed by atoms with Crippen molar-refractivity contribution in [2.45, 2.75) is 25.6 Å². The van der Waals surface area contributed by atoms with Crippen molar-refractivity contribution in [2.75, 3.05) is 13.1 Å². The lowest BCUT2D eigenvalue weighted by Crippen LogP contribution is -2.43. The van der Waals surface area contributed by atoms with Gasteiger partial charge in [-0.05, 0) is 31.0 Å². The Labute approximate surface area is 154 Å². The third kappa shape index (κ3) is 4.46. The second-order valence-electron chi connectivity index (χ2n) is 6.34. The number of nitrogens with zero attached hydrogens (tertiary/aromatic N) is 2. The van der Waals surface area contributed by atoms with E-state index in [-0.39, 0.29) is 29.9 Å². The molecule has 1 atom stereocenters. The number of hydrogen-bond donors (Lipinski definition) is 0. The molecule has 6 nitrogen and oxygen atoms in total. The highest BCUT2D eigenvalue weighted by atomic mass is 19.2. The van der Waals surface area contributed by atoms with Crippen LogP contribution in [0.5, 0.6) is 0 Å². The van der Waals surface area contributed by atoms with Gasteiger partial charge in [0.25, 0.3) is 11.6 Å². The Morgan fingerprint density at radius 2 is 1.96 bits per heavy atom. The molecule has 1 aliphatic rings. The van der Waals surface area contributed by atoms with E-state index in [1.165, 1.54) is 36.4 Å². The second-order valence-corrected chi connectivity index (χ2v) is 6.34. The predicted octanol–water partition coefficient (Wildman–Crippen LogP) is 3.69. The van der Waals surface area contributed by atoms with Crippen LogP contribution in [0.3, 0.4) is 0 Å². The van der Waals surface area contributed by atoms with Gasteiger partial charge in [-0.15, -0.1) is 0 Å². The van der Waals surface area contributed by atoms with Crippen LogP contribution in [-0.4, -0.2) is 34.9 Å². The molecule has 2 aromatic rings. The van der Waals surface area contributed by atoms with Crippen LogP contribution >= 0.6 is 0 Å². The number of carbonyl (C=O) groups is 1. The first-order valence-electron chi connectivity index (χ1n) is 8.54. The molecular weight excluding hydrogens is 358 g/mol. The van der Waals surface area contributed by atoms with E-state index in [2.05, 4.69) is 0 Å². The molecule has 0 N–H and O–H groups in total. The minimum atomic E-state index is -0.924. The van der Waals surface area contributed by atoms with Crippen molar-refractivity contribution >= 4 is 11.6 Å². The topological polar surface area (TPSA) is 72.7 Å². The molecule has 0 bridgehead atoms. The van der Waals surface area contributed by atoms with E-state index in [1.807, 2.05) is 0 Å². The van der Waals surface area contributed by atoms with Crippen LogP contribution in [0.25, 0.3) is 0 Å². The lowest BCUT2D eigenvalue weighted by Gasteiger charge is -2.32. The van der Waals surface area contributed by atoms with E-state index in [4.69, 9.17) is 4.74 Å². The molecule has 1 fully saturated rings. The Kier molecular flexibility index (Phi) is 5.75. The van der Waals surface area contributed by atoms with Crippen molar-refractivity contribution in [2.24, 2.45) is 0 Å². The van der Waals surface area contributed by atoms with Crippen LogP contribution in [0.4, 0.5) is 14.5 Å². The van der Waals surface area contributed by atoms with Crippen molar-refractivity contribution in [3.05, 3.63) is 75.3 Å². The smallest absolute Gasteiger partial charge is 0.269 e. The fourth-order valence-electron chi connectivity index (χ4n) is 3.03. The van der Waals surface area contributed by atoms with Gasteiger partial charge >= 0.3 is 0 Å². The van der Waals surface area contributed by atoms with Crippen molar-refractivity contribution in [3.8, 4) is 0 Å². The summed E-state index contributed by atoms with van der Waals surface area (Å²) in [5.74, 6) is -2.09. The molecule has 1 saturated heterocycles. The Morgan fingerprint density at radius 3 is 2.67 bits per heavy atom. The molecule has 0 saturated carbocycles. The van der Waals surface area contributed by atoms with E-state index in [1.54, 1.807) is 4.90 Å². The predicted molar refractivity (Wildman–Crippen MR) is 93.2 cm³/mol. The van der Waals surface area contributed by atoms with Crippen LogP contribution in [0.2, 0.25) is 0 Å². The van der Waals surface area contributed by atoms with Crippen molar-refractivity contribution in [3.63, 3.8) is 0 Å². The summed E-state index contributed by atoms with van der Waals surface area (Å²) in [5.41, 5.74) is 0.412. The van der Waals surface area contributed by atoms with Crippen molar-refractivity contribution in [1.29, 1.82) is 0 Å². The number of ether oxygens (including phenoxy) is 1. The molecule has 1 amide bonds. The van der Waals surface area contributed by atoms with Gasteiger partial charge < -0.3 is 9.64 Å². The number of likely N-dealkylation sites (tertiary alicyclic amines) is 1. The lowest BCUT2D eigenvalue weighted by atomic mass is 10.1. The molecule has 27 heavy (non-hydrogen) atoms. The van der Waals surface area contributed by atoms with Gasteiger partial charge in [0.2, 0.25) is 0 Å². The minimum Gasteiger partial charge on any atom is -0.372 e. The number of nitro benzene ring substituents is 1. The summed E-state index contributed by atoms with van der Waals surface area (Å²) < 4.78 is 32.6. The normalized spacial score (nSPS) is 17.0. The standard InChI is InChI=1S/C19H18F2N2O4/c20-17-5-1-3-14(18(17)21)12-27-16-4-2-10-22(11-16)19(24)13-6-8-15(9-7-13)23(25)26/h1,3,5-9,16H,2,4,10-12H2. The highest BCUT2D eigenvalue weighted by Crippen LogP contribution is 2.20. The number of nitro groups is 1. The highest BCUT2D eigenvalue weighted by Gasteiger charge is 2.25. The number of hydrogen-bond acceptors (Lipinski definition) is 4. The largest absolute Gasteiger partial charge is 0.372 e. The van der Waals surface area contributed by atoms with Gasteiger partial charge in [0, 0.05) is 36.3 Å². The quantitative estimate of drug-likeness (QED) is 0.589. The summed E-state index contributed by atoms with van der Waals surface area (Å²) in [6, 6.07) is 9.35. The van der Waals surface area contributed by atoms with Crippen LogP contribution in [-0.2, 0) is 11.3 Å². The molecule has 142 valence electrons. The van der Waals surface area contributed by atoms with Gasteiger partial charge in [0.15, 0.2) is 11.6 Å². The summed E-state index contributed by atoms with van der Waals surface area (Å²) in [6.45, 7) is 0.796. The Bertz CT molecular complexity index is 842. The van der Waals surface area contributed by atoms with Gasteiger partial charge in [0.05, 0.1) is 17.6 Å². The number of carbonyl (C=O) groups excluding carboxylic acids is 1. The van der Waals surface area contributed by atoms with Crippen LogP contribution in [0.1, 0.15) is 28.8 Å². The van der Waals surface area contributed by atoms with Crippen molar-refractivity contribution < 1.29 is 23.2 Å². The fraction of sp³-hybridized carbons (Fsp3) is 0.316. The molecule has 1 unspecified atom stereocenters. The molecule has 2 aromatic carbocycles. The van der Waals surface area contributed by atoms with Gasteiger partial charge in [-0.2, -0.15) is 0 Å². The van der Waals surface area contributed by atoms with Gasteiger partial charge in [-0.1, -0.05) is 12.1 Å². The zero-order valence-corrected chi connectivity index (χ0v) is 14.4. The summed E-state index contributed by atoms with van der Waals surface area (Å²) >= 11 is 0. The van der Waals surface area contributed by atoms with E-state index in [0.29, 0.717) is 25.1 Å². The van der Waals surface area contributed by atoms with E-state index >= 15 is 0 Å². The van der Waals surface area contributed by atoms with Gasteiger partial charge in [-0.3, -0.25) is 14.9 Å². The number of rotatable bonds is 5. The third-order valence-electron chi connectivity index (χ3n) is 4.50. The molecule has 3 rings (SSSR count). The summed E-state index contributed by atoms with van der Waals surface area (Å²) in [4.78, 5) is 24.4. The SMILES string of the molecule is O=C(c1ccc([N+](=O)[O-])cc1)N1CCCC(OCc2cccc(F)c2F)C1. The zero-order chi connectivity index (χ0) is 19.4. The monoisotopic (exact) mass is 376 g/mol. The highest BCUT2D eigenvalue weighted by molar-refractivity contribution is 5.94. The minimum absolute atomic E-state index is 0.0756. The first-order chi connectivity index (χ1) is 13.0. The molecule has 0 aromatic heterocycles. The Balaban J connectivity index is 1.60. The maximum absolute atomic E-state index is 13.7. The summed E-state index contributed by atoms with van der Waals surface area (Å²) in [5, 5.41) is 10.7. The maximum atomic E-state index is 13.7. The number of amides is 1.